The molecule has 3 heteroatoms. The maximum absolute atomic E-state index is 5.24. The van der Waals surface area contributed by atoms with Crippen molar-refractivity contribution in [2.24, 2.45) is 5.41 Å². The van der Waals surface area contributed by atoms with Crippen molar-refractivity contribution in [3.63, 3.8) is 0 Å². The summed E-state index contributed by atoms with van der Waals surface area (Å²) in [4.78, 5) is 9.12. The number of H-pyrrole nitrogens is 1. The lowest BCUT2D eigenvalue weighted by molar-refractivity contribution is 0.411. The molecule has 41 heavy (non-hydrogen) atoms. The second-order valence-electron chi connectivity index (χ2n) is 12.4. The van der Waals surface area contributed by atoms with E-state index in [1.165, 1.54) is 43.4 Å². The molecule has 2 aromatic heterocycles. The zero-order valence-electron chi connectivity index (χ0n) is 23.6. The summed E-state index contributed by atoms with van der Waals surface area (Å²) in [5.41, 5.74) is 8.23. The predicted molar refractivity (Wildman–Crippen MR) is 174 cm³/mol. The standard InChI is InChI=1S/C38H31N3/c1-38(2,3)23-24-18-19-28-27-16-10-11-17-29(27)33-34-31(39-35(33)30(28)22-24)20-21-32-36(34)41(26-14-8-5-9-15-26)37(40-32)25-12-6-4-7-13-25/h4-22,39H,23H2,1-3H3. The van der Waals surface area contributed by atoms with E-state index in [2.05, 4.69) is 146 Å². The highest BCUT2D eigenvalue weighted by molar-refractivity contribution is 6.34. The van der Waals surface area contributed by atoms with Crippen molar-refractivity contribution in [2.45, 2.75) is 27.2 Å². The number of nitrogens with zero attached hydrogens (tertiary/aromatic N) is 2. The Labute approximate surface area is 239 Å². The van der Waals surface area contributed by atoms with E-state index < -0.39 is 0 Å². The first-order valence-corrected chi connectivity index (χ1v) is 14.4. The lowest BCUT2D eigenvalue weighted by Crippen LogP contribution is -2.08. The second-order valence-corrected chi connectivity index (χ2v) is 12.4. The van der Waals surface area contributed by atoms with Crippen molar-refractivity contribution in [3.05, 3.63) is 121 Å². The minimum atomic E-state index is 0.215. The summed E-state index contributed by atoms with van der Waals surface area (Å²) < 4.78 is 2.34. The normalized spacial score (nSPS) is 12.4. The van der Waals surface area contributed by atoms with Gasteiger partial charge < -0.3 is 4.98 Å². The number of rotatable bonds is 3. The molecule has 0 aliphatic rings. The molecule has 0 amide bonds. The van der Waals surface area contributed by atoms with Gasteiger partial charge in [-0.05, 0) is 63.9 Å². The highest BCUT2D eigenvalue weighted by Gasteiger charge is 2.22. The fourth-order valence-electron chi connectivity index (χ4n) is 6.62. The van der Waals surface area contributed by atoms with E-state index in [4.69, 9.17) is 4.98 Å². The van der Waals surface area contributed by atoms with Gasteiger partial charge in [0.1, 0.15) is 5.82 Å². The Morgan fingerprint density at radius 1 is 0.659 bits per heavy atom. The van der Waals surface area contributed by atoms with Crippen LogP contribution in [0.1, 0.15) is 26.3 Å². The molecule has 3 nitrogen and oxygen atoms in total. The number of hydrogen-bond acceptors (Lipinski definition) is 1. The lowest BCUT2D eigenvalue weighted by atomic mass is 9.86. The fourth-order valence-corrected chi connectivity index (χ4v) is 6.62. The largest absolute Gasteiger partial charge is 0.354 e. The van der Waals surface area contributed by atoms with E-state index in [0.717, 1.165) is 40.0 Å². The van der Waals surface area contributed by atoms with Gasteiger partial charge in [0.25, 0.3) is 0 Å². The van der Waals surface area contributed by atoms with Crippen LogP contribution < -0.4 is 0 Å². The Bertz CT molecular complexity index is 2250. The number of aromatic amines is 1. The van der Waals surface area contributed by atoms with Crippen LogP contribution in [0.4, 0.5) is 0 Å². The maximum atomic E-state index is 5.24. The van der Waals surface area contributed by atoms with Gasteiger partial charge in [-0.15, -0.1) is 0 Å². The molecule has 0 aliphatic carbocycles. The van der Waals surface area contributed by atoms with Crippen molar-refractivity contribution in [1.82, 2.24) is 14.5 Å². The zero-order chi connectivity index (χ0) is 27.7. The molecule has 6 aromatic carbocycles. The van der Waals surface area contributed by atoms with Crippen LogP contribution in [0.3, 0.4) is 0 Å². The van der Waals surface area contributed by atoms with Gasteiger partial charge in [-0.1, -0.05) is 106 Å². The Hall–Kier alpha value is -4.89. The maximum Gasteiger partial charge on any atom is 0.145 e. The lowest BCUT2D eigenvalue weighted by Gasteiger charge is -2.19. The minimum absolute atomic E-state index is 0.215. The molecular weight excluding hydrogens is 498 g/mol. The van der Waals surface area contributed by atoms with Gasteiger partial charge in [-0.3, -0.25) is 4.57 Å². The molecule has 0 bridgehead atoms. The third-order valence-corrected chi connectivity index (χ3v) is 8.20. The molecule has 0 radical (unpaired) electrons. The van der Waals surface area contributed by atoms with Gasteiger partial charge in [0.05, 0.1) is 16.6 Å². The van der Waals surface area contributed by atoms with Crippen LogP contribution in [0, 0.1) is 5.41 Å². The van der Waals surface area contributed by atoms with Crippen LogP contribution in [0.15, 0.2) is 115 Å². The summed E-state index contributed by atoms with van der Waals surface area (Å²) in [5.74, 6) is 0.950. The molecule has 2 heterocycles. The highest BCUT2D eigenvalue weighted by Crippen LogP contribution is 2.43. The Kier molecular flexibility index (Phi) is 5.14. The Morgan fingerprint density at radius 3 is 2.10 bits per heavy atom. The van der Waals surface area contributed by atoms with Gasteiger partial charge in [0, 0.05) is 32.9 Å². The molecule has 0 saturated carbocycles. The van der Waals surface area contributed by atoms with Gasteiger partial charge in [0.15, 0.2) is 0 Å². The summed E-state index contributed by atoms with van der Waals surface area (Å²) in [6, 6.07) is 41.4. The van der Waals surface area contributed by atoms with Gasteiger partial charge in [-0.25, -0.2) is 4.98 Å². The fraction of sp³-hybridized carbons (Fsp3) is 0.132. The molecule has 8 rings (SSSR count). The quantitative estimate of drug-likeness (QED) is 0.227. The zero-order valence-corrected chi connectivity index (χ0v) is 23.6. The van der Waals surface area contributed by atoms with Crippen molar-refractivity contribution < 1.29 is 0 Å². The van der Waals surface area contributed by atoms with E-state index in [9.17, 15) is 0 Å². The molecule has 0 aliphatic heterocycles. The van der Waals surface area contributed by atoms with Gasteiger partial charge >= 0.3 is 0 Å². The number of imidazole rings is 1. The average Bonchev–Trinajstić information content (AvgIpc) is 3.57. The third kappa shape index (κ3) is 3.76. The van der Waals surface area contributed by atoms with E-state index in [1.807, 2.05) is 0 Å². The monoisotopic (exact) mass is 529 g/mol. The molecule has 0 fully saturated rings. The van der Waals surface area contributed by atoms with Gasteiger partial charge in [0.2, 0.25) is 0 Å². The summed E-state index contributed by atoms with van der Waals surface area (Å²) >= 11 is 0. The van der Waals surface area contributed by atoms with Crippen LogP contribution in [0.25, 0.3) is 71.5 Å². The van der Waals surface area contributed by atoms with Crippen molar-refractivity contribution in [3.8, 4) is 17.1 Å². The van der Waals surface area contributed by atoms with Crippen LogP contribution in [-0.4, -0.2) is 14.5 Å². The SMILES string of the molecule is CC(C)(C)Cc1ccc2c3ccccc3c3c([nH]c4ccc5nc(-c6ccccc6)n(-c6ccccc6)c5c43)c2c1. The summed E-state index contributed by atoms with van der Waals surface area (Å²) in [7, 11) is 0. The van der Waals surface area contributed by atoms with Gasteiger partial charge in [-0.2, -0.15) is 0 Å². The predicted octanol–water partition coefficient (Wildman–Crippen LogP) is 10.2. The molecule has 198 valence electrons. The number of fused-ring (bicyclic) bond motifs is 10. The average molecular weight is 530 g/mol. The summed E-state index contributed by atoms with van der Waals surface area (Å²) in [6.07, 6.45) is 1.03. The number of aromatic nitrogens is 3. The molecule has 0 atom stereocenters. The number of hydrogen-bond donors (Lipinski definition) is 1. The molecule has 0 unspecified atom stereocenters. The number of nitrogens with one attached hydrogen (secondary N) is 1. The number of benzene rings is 6. The topological polar surface area (TPSA) is 33.6 Å². The van der Waals surface area contributed by atoms with E-state index >= 15 is 0 Å². The first-order chi connectivity index (χ1) is 20.0. The van der Waals surface area contributed by atoms with Crippen molar-refractivity contribution in [2.75, 3.05) is 0 Å². The van der Waals surface area contributed by atoms with Crippen LogP contribution in [0.2, 0.25) is 0 Å². The third-order valence-electron chi connectivity index (χ3n) is 8.20. The summed E-state index contributed by atoms with van der Waals surface area (Å²) in [6.45, 7) is 6.92. The second kappa shape index (κ2) is 8.81. The van der Waals surface area contributed by atoms with Crippen molar-refractivity contribution >= 4 is 54.4 Å². The van der Waals surface area contributed by atoms with Crippen molar-refractivity contribution in [1.29, 1.82) is 0 Å². The molecule has 8 aromatic rings. The smallest absolute Gasteiger partial charge is 0.145 e. The van der Waals surface area contributed by atoms with Crippen LogP contribution in [-0.2, 0) is 6.42 Å². The van der Waals surface area contributed by atoms with Crippen LogP contribution >= 0.6 is 0 Å². The summed E-state index contributed by atoms with van der Waals surface area (Å²) in [5, 5.41) is 7.59. The van der Waals surface area contributed by atoms with E-state index in [0.29, 0.717) is 0 Å². The first kappa shape index (κ1) is 24.0. The van der Waals surface area contributed by atoms with Crippen LogP contribution in [0.5, 0.6) is 0 Å². The molecular formula is C38H31N3. The Morgan fingerprint density at radius 2 is 1.34 bits per heavy atom. The van der Waals surface area contributed by atoms with E-state index in [1.54, 1.807) is 0 Å². The number of para-hydroxylation sites is 1. The molecule has 0 spiro atoms. The molecule has 1 N–H and O–H groups in total. The minimum Gasteiger partial charge on any atom is -0.354 e. The molecule has 0 saturated heterocycles. The van der Waals surface area contributed by atoms with E-state index in [-0.39, 0.29) is 5.41 Å². The Balaban J connectivity index is 1.58. The highest BCUT2D eigenvalue weighted by atomic mass is 15.1. The first-order valence-electron chi connectivity index (χ1n) is 14.4.